The van der Waals surface area contributed by atoms with Gasteiger partial charge in [-0.2, -0.15) is 0 Å². The monoisotopic (exact) mass is 429 g/mol. The maximum atomic E-state index is 12.1. The van der Waals surface area contributed by atoms with Crippen LogP contribution in [0.2, 0.25) is 0 Å². The minimum Gasteiger partial charge on any atom is -0.379 e. The highest BCUT2D eigenvalue weighted by atomic mass is 16.5. The van der Waals surface area contributed by atoms with Crippen molar-refractivity contribution in [3.63, 3.8) is 0 Å². The second-order valence-electron chi connectivity index (χ2n) is 7.98. The van der Waals surface area contributed by atoms with E-state index in [1.165, 1.54) is 38.5 Å². The summed E-state index contributed by atoms with van der Waals surface area (Å²) >= 11 is 0. The van der Waals surface area contributed by atoms with Crippen molar-refractivity contribution in [2.24, 2.45) is 5.92 Å². The number of Topliss-reactive ketones (excluding diaryl/α,β-unsaturated/α-hetero) is 1. The summed E-state index contributed by atoms with van der Waals surface area (Å²) in [5.41, 5.74) is 0. The van der Waals surface area contributed by atoms with E-state index >= 15 is 0 Å². The van der Waals surface area contributed by atoms with Crippen LogP contribution in [0.5, 0.6) is 0 Å². The first-order valence-electron chi connectivity index (χ1n) is 12.1. The minimum atomic E-state index is 0.0706. The molecule has 0 aromatic heterocycles. The summed E-state index contributed by atoms with van der Waals surface area (Å²) in [4.78, 5) is 23.4. The molecule has 178 valence electrons. The summed E-state index contributed by atoms with van der Waals surface area (Å²) < 4.78 is 16.3. The molecule has 1 amide bonds. The molecular formula is C24H47NO5. The normalized spacial score (nSPS) is 12.1. The number of unbranched alkanes of at least 4 members (excludes halogenated alkanes) is 6. The minimum absolute atomic E-state index is 0.0706. The first-order chi connectivity index (χ1) is 14.6. The van der Waals surface area contributed by atoms with Gasteiger partial charge in [-0.25, -0.2) is 0 Å². The van der Waals surface area contributed by atoms with Gasteiger partial charge < -0.3 is 19.5 Å². The molecule has 0 spiro atoms. The van der Waals surface area contributed by atoms with Crippen molar-refractivity contribution in [1.82, 2.24) is 5.32 Å². The Morgan fingerprint density at radius 3 is 1.90 bits per heavy atom. The van der Waals surface area contributed by atoms with Crippen molar-refractivity contribution in [3.05, 3.63) is 0 Å². The fourth-order valence-corrected chi connectivity index (χ4v) is 3.09. The van der Waals surface area contributed by atoms with E-state index in [0.29, 0.717) is 59.0 Å². The number of hydrogen-bond acceptors (Lipinski definition) is 5. The Balaban J connectivity index is 3.33. The number of hydrogen-bond donors (Lipinski definition) is 1. The van der Waals surface area contributed by atoms with Gasteiger partial charge in [0.2, 0.25) is 5.91 Å². The number of carbonyl (C=O) groups excluding carboxylic acids is 2. The molecule has 0 saturated heterocycles. The van der Waals surface area contributed by atoms with Gasteiger partial charge >= 0.3 is 0 Å². The molecule has 0 heterocycles. The third-order valence-corrected chi connectivity index (χ3v) is 5.03. The van der Waals surface area contributed by atoms with Gasteiger partial charge in [-0.15, -0.1) is 0 Å². The maximum Gasteiger partial charge on any atom is 0.222 e. The van der Waals surface area contributed by atoms with E-state index in [2.05, 4.69) is 12.2 Å². The van der Waals surface area contributed by atoms with Crippen molar-refractivity contribution in [1.29, 1.82) is 0 Å². The third kappa shape index (κ3) is 20.3. The van der Waals surface area contributed by atoms with Crippen LogP contribution in [0.15, 0.2) is 0 Å². The van der Waals surface area contributed by atoms with Crippen LogP contribution in [0.1, 0.15) is 91.4 Å². The van der Waals surface area contributed by atoms with Crippen LogP contribution < -0.4 is 5.32 Å². The average molecular weight is 430 g/mol. The van der Waals surface area contributed by atoms with Gasteiger partial charge in [-0.3, -0.25) is 9.59 Å². The van der Waals surface area contributed by atoms with Crippen LogP contribution in [-0.2, 0) is 23.8 Å². The number of amides is 1. The largest absolute Gasteiger partial charge is 0.379 e. The number of rotatable bonds is 23. The first kappa shape index (κ1) is 29.0. The van der Waals surface area contributed by atoms with Gasteiger partial charge in [0.1, 0.15) is 5.78 Å². The third-order valence-electron chi connectivity index (χ3n) is 5.03. The smallest absolute Gasteiger partial charge is 0.222 e. The summed E-state index contributed by atoms with van der Waals surface area (Å²) in [6.07, 6.45) is 11.9. The number of nitrogens with one attached hydrogen (secondary N) is 1. The molecule has 1 atom stereocenters. The van der Waals surface area contributed by atoms with Crippen LogP contribution >= 0.6 is 0 Å². The lowest BCUT2D eigenvalue weighted by Crippen LogP contribution is -2.32. The van der Waals surface area contributed by atoms with E-state index in [-0.39, 0.29) is 17.6 Å². The summed E-state index contributed by atoms with van der Waals surface area (Å²) in [6, 6.07) is 0. The summed E-state index contributed by atoms with van der Waals surface area (Å²) in [6.45, 7) is 9.73. The van der Waals surface area contributed by atoms with Crippen LogP contribution in [0.4, 0.5) is 0 Å². The van der Waals surface area contributed by atoms with Gasteiger partial charge in [-0.05, 0) is 12.8 Å². The Labute approximate surface area is 184 Å². The number of ether oxygens (including phenoxy) is 3. The Morgan fingerprint density at radius 1 is 0.700 bits per heavy atom. The van der Waals surface area contributed by atoms with Crippen molar-refractivity contribution in [2.75, 3.05) is 46.2 Å². The highest BCUT2D eigenvalue weighted by Gasteiger charge is 2.11. The molecule has 0 aliphatic heterocycles. The topological polar surface area (TPSA) is 73.9 Å². The SMILES string of the molecule is CCCCCCCCCC(C)C(=O)NCCOCCOCCOCCC(=O)CCC. The molecule has 0 aliphatic rings. The van der Waals surface area contributed by atoms with Crippen LogP contribution in [0.25, 0.3) is 0 Å². The van der Waals surface area contributed by atoms with Gasteiger partial charge in [0.25, 0.3) is 0 Å². The zero-order valence-corrected chi connectivity index (χ0v) is 19.8. The van der Waals surface area contributed by atoms with Crippen molar-refractivity contribution in [2.45, 2.75) is 91.4 Å². The Hall–Kier alpha value is -0.980. The molecule has 0 saturated carbocycles. The lowest BCUT2D eigenvalue weighted by atomic mass is 10.0. The summed E-state index contributed by atoms with van der Waals surface area (Å²) in [7, 11) is 0. The van der Waals surface area contributed by atoms with Gasteiger partial charge in [0, 0.05) is 25.3 Å². The van der Waals surface area contributed by atoms with E-state index in [1.54, 1.807) is 0 Å². The zero-order valence-electron chi connectivity index (χ0n) is 19.8. The van der Waals surface area contributed by atoms with E-state index < -0.39 is 0 Å². The molecule has 0 radical (unpaired) electrons. The highest BCUT2D eigenvalue weighted by molar-refractivity contribution is 5.78. The summed E-state index contributed by atoms with van der Waals surface area (Å²) in [5, 5.41) is 2.94. The fraction of sp³-hybridized carbons (Fsp3) is 0.917. The Morgan fingerprint density at radius 2 is 1.27 bits per heavy atom. The first-order valence-corrected chi connectivity index (χ1v) is 12.1. The molecule has 0 aliphatic carbocycles. The molecule has 0 fully saturated rings. The van der Waals surface area contributed by atoms with E-state index in [1.807, 2.05) is 13.8 Å². The molecule has 0 bridgehead atoms. The Kier molecular flexibility index (Phi) is 22.0. The quantitative estimate of drug-likeness (QED) is 0.239. The molecule has 30 heavy (non-hydrogen) atoms. The number of ketones is 1. The molecule has 0 aromatic carbocycles. The second-order valence-corrected chi connectivity index (χ2v) is 7.98. The second kappa shape index (κ2) is 22.7. The van der Waals surface area contributed by atoms with Gasteiger partial charge in [-0.1, -0.05) is 65.7 Å². The molecular weight excluding hydrogens is 382 g/mol. The van der Waals surface area contributed by atoms with Crippen molar-refractivity contribution in [3.8, 4) is 0 Å². The molecule has 1 N–H and O–H groups in total. The lowest BCUT2D eigenvalue weighted by molar-refractivity contribution is -0.125. The van der Waals surface area contributed by atoms with E-state index in [9.17, 15) is 9.59 Å². The summed E-state index contributed by atoms with van der Waals surface area (Å²) in [5.74, 6) is 0.447. The van der Waals surface area contributed by atoms with Crippen LogP contribution in [0, 0.1) is 5.92 Å². The predicted octanol–water partition coefficient (Wildman–Crippen LogP) is 4.69. The van der Waals surface area contributed by atoms with E-state index in [4.69, 9.17) is 14.2 Å². The molecule has 0 aromatic rings. The molecule has 6 nitrogen and oxygen atoms in total. The Bertz CT molecular complexity index is 403. The fourth-order valence-electron chi connectivity index (χ4n) is 3.09. The van der Waals surface area contributed by atoms with Crippen LogP contribution in [-0.4, -0.2) is 57.9 Å². The standard InChI is InChI=1S/C24H47NO5/c1-4-6-7-8-9-10-11-13-22(3)24(27)25-15-17-29-19-21-30-20-18-28-16-14-23(26)12-5-2/h22H,4-21H2,1-3H3,(H,25,27). The number of carbonyl (C=O) groups is 2. The molecule has 0 rings (SSSR count). The van der Waals surface area contributed by atoms with Crippen molar-refractivity contribution >= 4 is 11.7 Å². The van der Waals surface area contributed by atoms with E-state index in [0.717, 1.165) is 19.3 Å². The average Bonchev–Trinajstić information content (AvgIpc) is 2.73. The maximum absolute atomic E-state index is 12.1. The van der Waals surface area contributed by atoms with Gasteiger partial charge in [0.05, 0.1) is 39.6 Å². The predicted molar refractivity (Wildman–Crippen MR) is 122 cm³/mol. The van der Waals surface area contributed by atoms with Crippen molar-refractivity contribution < 1.29 is 23.8 Å². The lowest BCUT2D eigenvalue weighted by Gasteiger charge is -2.12. The van der Waals surface area contributed by atoms with Crippen LogP contribution in [0.3, 0.4) is 0 Å². The zero-order chi connectivity index (χ0) is 22.3. The molecule has 6 heteroatoms. The van der Waals surface area contributed by atoms with Gasteiger partial charge in [0.15, 0.2) is 0 Å². The highest BCUT2D eigenvalue weighted by Crippen LogP contribution is 2.12. The molecule has 1 unspecified atom stereocenters.